The van der Waals surface area contributed by atoms with Gasteiger partial charge in [-0.25, -0.2) is 0 Å². The van der Waals surface area contributed by atoms with Gasteiger partial charge in [-0.3, -0.25) is 0 Å². The van der Waals surface area contributed by atoms with Crippen LogP contribution in [0.2, 0.25) is 5.02 Å². The van der Waals surface area contributed by atoms with Gasteiger partial charge >= 0.3 is 0 Å². The van der Waals surface area contributed by atoms with Gasteiger partial charge in [0.15, 0.2) is 0 Å². The zero-order valence-corrected chi connectivity index (χ0v) is 10.6. The lowest BCUT2D eigenvalue weighted by molar-refractivity contribution is 0.416. The molecule has 94 valence electrons. The van der Waals surface area contributed by atoms with Gasteiger partial charge in [-0.1, -0.05) is 11.6 Å². The highest BCUT2D eigenvalue weighted by atomic mass is 35.5. The monoisotopic (exact) mass is 266 g/mol. The maximum absolute atomic E-state index is 9.45. The van der Waals surface area contributed by atoms with Crippen LogP contribution in [-0.4, -0.2) is 27.4 Å². The molecule has 1 aromatic heterocycles. The molecule has 0 aliphatic heterocycles. The van der Waals surface area contributed by atoms with Crippen LogP contribution in [-0.2, 0) is 0 Å². The Morgan fingerprint density at radius 2 is 2.11 bits per heavy atom. The summed E-state index contributed by atoms with van der Waals surface area (Å²) < 4.78 is 5.17. The minimum absolute atomic E-state index is 0.165. The number of aromatic nitrogens is 3. The van der Waals surface area contributed by atoms with Crippen LogP contribution in [0.5, 0.6) is 11.6 Å². The minimum Gasteiger partial charge on any atom is -0.495 e. The highest BCUT2D eigenvalue weighted by Gasteiger charge is 2.08. The van der Waals surface area contributed by atoms with E-state index in [1.54, 1.807) is 32.2 Å². The molecule has 2 N–H and O–H groups in total. The maximum atomic E-state index is 9.45. The van der Waals surface area contributed by atoms with Crippen molar-refractivity contribution >= 4 is 23.2 Å². The van der Waals surface area contributed by atoms with Crippen LogP contribution < -0.4 is 10.1 Å². The quantitative estimate of drug-likeness (QED) is 0.887. The molecule has 7 heteroatoms. The van der Waals surface area contributed by atoms with E-state index in [-0.39, 0.29) is 11.8 Å². The molecule has 0 aliphatic carbocycles. The van der Waals surface area contributed by atoms with Crippen molar-refractivity contribution in [3.63, 3.8) is 0 Å². The summed E-state index contributed by atoms with van der Waals surface area (Å²) in [6.07, 6.45) is 0. The second kappa shape index (κ2) is 5.05. The Balaban J connectivity index is 2.33. The van der Waals surface area contributed by atoms with E-state index in [0.717, 1.165) is 0 Å². The first-order valence-corrected chi connectivity index (χ1v) is 5.49. The van der Waals surface area contributed by atoms with Gasteiger partial charge in [-0.15, -0.1) is 10.2 Å². The van der Waals surface area contributed by atoms with Crippen molar-refractivity contribution in [3.05, 3.63) is 28.9 Å². The van der Waals surface area contributed by atoms with E-state index >= 15 is 0 Å². The lowest BCUT2D eigenvalue weighted by Gasteiger charge is -2.10. The first-order valence-electron chi connectivity index (χ1n) is 5.11. The SMILES string of the molecule is COc1ccc(Cl)cc1Nc1nnc(C)c(O)n1. The molecule has 1 heterocycles. The molecule has 0 saturated heterocycles. The number of rotatable bonds is 3. The van der Waals surface area contributed by atoms with Gasteiger partial charge in [-0.2, -0.15) is 4.98 Å². The topological polar surface area (TPSA) is 80.2 Å². The lowest BCUT2D eigenvalue weighted by Crippen LogP contribution is -2.01. The highest BCUT2D eigenvalue weighted by Crippen LogP contribution is 2.29. The summed E-state index contributed by atoms with van der Waals surface area (Å²) in [5, 5.41) is 20.4. The Hall–Kier alpha value is -2.08. The maximum Gasteiger partial charge on any atom is 0.250 e. The summed E-state index contributed by atoms with van der Waals surface area (Å²) >= 11 is 5.90. The number of hydrogen-bond donors (Lipinski definition) is 2. The van der Waals surface area contributed by atoms with Crippen LogP contribution >= 0.6 is 11.6 Å². The van der Waals surface area contributed by atoms with E-state index in [1.165, 1.54) is 0 Å². The average molecular weight is 267 g/mol. The number of aryl methyl sites for hydroxylation is 1. The van der Waals surface area contributed by atoms with Gasteiger partial charge in [0.2, 0.25) is 5.88 Å². The fraction of sp³-hybridized carbons (Fsp3) is 0.182. The number of halogens is 1. The number of benzene rings is 1. The highest BCUT2D eigenvalue weighted by molar-refractivity contribution is 6.30. The number of ether oxygens (including phenoxy) is 1. The Labute approximate surface area is 109 Å². The zero-order chi connectivity index (χ0) is 13.1. The molecule has 0 atom stereocenters. The van der Waals surface area contributed by atoms with E-state index in [9.17, 15) is 5.11 Å². The number of methoxy groups -OCH3 is 1. The Kier molecular flexibility index (Phi) is 3.47. The van der Waals surface area contributed by atoms with E-state index in [2.05, 4.69) is 20.5 Å². The Morgan fingerprint density at radius 1 is 1.33 bits per heavy atom. The normalized spacial score (nSPS) is 10.2. The van der Waals surface area contributed by atoms with E-state index in [4.69, 9.17) is 16.3 Å². The molecule has 0 unspecified atom stereocenters. The number of hydrogen-bond acceptors (Lipinski definition) is 6. The summed E-state index contributed by atoms with van der Waals surface area (Å²) in [5.41, 5.74) is 0.952. The van der Waals surface area contributed by atoms with Gasteiger partial charge in [0, 0.05) is 5.02 Å². The van der Waals surface area contributed by atoms with Crippen LogP contribution in [0.15, 0.2) is 18.2 Å². The van der Waals surface area contributed by atoms with E-state index < -0.39 is 0 Å². The molecular formula is C11H11ClN4O2. The second-order valence-electron chi connectivity index (χ2n) is 3.51. The molecule has 18 heavy (non-hydrogen) atoms. The lowest BCUT2D eigenvalue weighted by atomic mass is 10.3. The molecule has 0 saturated carbocycles. The van der Waals surface area contributed by atoms with Crippen molar-refractivity contribution in [3.8, 4) is 11.6 Å². The van der Waals surface area contributed by atoms with E-state index in [1.807, 2.05) is 0 Å². The van der Waals surface area contributed by atoms with Gasteiger partial charge in [-0.05, 0) is 25.1 Å². The van der Waals surface area contributed by atoms with Crippen molar-refractivity contribution in [1.82, 2.24) is 15.2 Å². The van der Waals surface area contributed by atoms with Crippen molar-refractivity contribution < 1.29 is 9.84 Å². The Bertz CT molecular complexity index is 577. The van der Waals surface area contributed by atoms with Crippen molar-refractivity contribution in [2.45, 2.75) is 6.92 Å². The second-order valence-corrected chi connectivity index (χ2v) is 3.95. The third-order valence-electron chi connectivity index (χ3n) is 2.24. The van der Waals surface area contributed by atoms with Crippen molar-refractivity contribution in [2.75, 3.05) is 12.4 Å². The molecule has 0 spiro atoms. The van der Waals surface area contributed by atoms with Gasteiger partial charge in [0.05, 0.1) is 12.8 Å². The summed E-state index contributed by atoms with van der Waals surface area (Å²) in [6.45, 7) is 1.61. The molecule has 6 nitrogen and oxygen atoms in total. The van der Waals surface area contributed by atoms with Crippen molar-refractivity contribution in [1.29, 1.82) is 0 Å². The van der Waals surface area contributed by atoms with Crippen molar-refractivity contribution in [2.24, 2.45) is 0 Å². The summed E-state index contributed by atoms with van der Waals surface area (Å²) in [5.74, 6) is 0.579. The molecule has 1 aromatic carbocycles. The number of nitrogens with zero attached hydrogens (tertiary/aromatic N) is 3. The first kappa shape index (κ1) is 12.4. The summed E-state index contributed by atoms with van der Waals surface area (Å²) in [6, 6.07) is 5.09. The molecule has 2 rings (SSSR count). The molecule has 0 bridgehead atoms. The molecule has 0 aliphatic rings. The molecule has 0 amide bonds. The number of anilines is 2. The van der Waals surface area contributed by atoms with Crippen LogP contribution in [0.4, 0.5) is 11.6 Å². The molecule has 2 aromatic rings. The van der Waals surface area contributed by atoms with E-state index in [0.29, 0.717) is 22.2 Å². The first-order chi connectivity index (χ1) is 8.60. The third-order valence-corrected chi connectivity index (χ3v) is 2.47. The molecule has 0 fully saturated rings. The van der Waals surface area contributed by atoms with Gasteiger partial charge in [0.25, 0.3) is 5.95 Å². The molecule has 0 radical (unpaired) electrons. The smallest absolute Gasteiger partial charge is 0.250 e. The predicted molar refractivity (Wildman–Crippen MR) is 67.5 cm³/mol. The zero-order valence-electron chi connectivity index (χ0n) is 9.81. The Morgan fingerprint density at radius 3 is 2.78 bits per heavy atom. The fourth-order valence-electron chi connectivity index (χ4n) is 1.32. The number of aromatic hydroxyl groups is 1. The van der Waals surface area contributed by atoms with Crippen LogP contribution in [0.25, 0.3) is 0 Å². The minimum atomic E-state index is -0.173. The van der Waals surface area contributed by atoms with Crippen LogP contribution in [0.3, 0.4) is 0 Å². The fourth-order valence-corrected chi connectivity index (χ4v) is 1.49. The standard InChI is InChI=1S/C11H11ClN4O2/c1-6-10(17)14-11(16-15-6)13-8-5-7(12)3-4-9(8)18-2/h3-5H,1-2H3,(H2,13,14,16,17). The number of nitrogens with one attached hydrogen (secondary N) is 1. The average Bonchev–Trinajstić information content (AvgIpc) is 2.34. The van der Waals surface area contributed by atoms with Crippen LogP contribution in [0.1, 0.15) is 5.69 Å². The van der Waals surface area contributed by atoms with Gasteiger partial charge in [0.1, 0.15) is 11.4 Å². The predicted octanol–water partition coefficient (Wildman–Crippen LogP) is 2.29. The van der Waals surface area contributed by atoms with Gasteiger partial charge < -0.3 is 15.2 Å². The summed E-state index contributed by atoms with van der Waals surface area (Å²) in [4.78, 5) is 3.85. The summed E-state index contributed by atoms with van der Waals surface area (Å²) in [7, 11) is 1.54. The third kappa shape index (κ3) is 2.60. The molecular weight excluding hydrogens is 256 g/mol. The largest absolute Gasteiger partial charge is 0.495 e. The van der Waals surface area contributed by atoms with Crippen LogP contribution in [0, 0.1) is 6.92 Å².